The number of aromatic hydroxyl groups is 2. The molecule has 13 nitrogen and oxygen atoms in total. The summed E-state index contributed by atoms with van der Waals surface area (Å²) in [6.45, 7) is 8.68. The van der Waals surface area contributed by atoms with E-state index in [-0.39, 0.29) is 33.6 Å². The van der Waals surface area contributed by atoms with Gasteiger partial charge in [0, 0.05) is 18.2 Å². The van der Waals surface area contributed by atoms with Gasteiger partial charge in [-0.2, -0.15) is 0 Å². The average molecular weight is 613 g/mol. The highest BCUT2D eigenvalue weighted by Gasteiger charge is 2.53. The summed E-state index contributed by atoms with van der Waals surface area (Å²) in [4.78, 5) is 37.6. The second-order valence-corrected chi connectivity index (χ2v) is 11.2. The second-order valence-electron chi connectivity index (χ2n) is 11.2. The first kappa shape index (κ1) is 32.3. The molecule has 0 spiro atoms. The number of carbonyl (C=O) groups is 2. The summed E-state index contributed by atoms with van der Waals surface area (Å²) in [5.41, 5.74) is 4.54. The zero-order valence-electron chi connectivity index (χ0n) is 25.2. The quantitative estimate of drug-likeness (QED) is 0.184. The van der Waals surface area contributed by atoms with Crippen molar-refractivity contribution in [3.63, 3.8) is 0 Å². The molecule has 2 amide bonds. The highest BCUT2D eigenvalue weighted by molar-refractivity contribution is 6.06. The first-order chi connectivity index (χ1) is 20.6. The standard InChI is InChI=1S/C31H36N2O11/c1-14(2)7-8-16-13-17(9-11-19(16)34)27(37)33-21-22(35)18-10-12-20(15(3)24(18)42-28(21)38)41-29-25(43-30(32)39)23(36)26(40-6)31(4,5)44-29/h7,9-13,23,25-26,29,34-36H,8H2,1-6H3,(H2,32,39)(H,33,37)/t23-,25+,26+,29+/m0/s1. The van der Waals surface area contributed by atoms with Crippen molar-refractivity contribution in [3.8, 4) is 17.2 Å². The van der Waals surface area contributed by atoms with Gasteiger partial charge in [0.05, 0.1) is 11.0 Å². The zero-order valence-corrected chi connectivity index (χ0v) is 25.2. The van der Waals surface area contributed by atoms with E-state index in [9.17, 15) is 29.7 Å². The van der Waals surface area contributed by atoms with E-state index < -0.39 is 59.3 Å². The number of rotatable bonds is 8. The average Bonchev–Trinajstić information content (AvgIpc) is 2.94. The lowest BCUT2D eigenvalue weighted by Gasteiger charge is -2.47. The van der Waals surface area contributed by atoms with E-state index in [2.05, 4.69) is 5.32 Å². The van der Waals surface area contributed by atoms with Crippen LogP contribution in [0.3, 0.4) is 0 Å². The minimum atomic E-state index is -1.37. The third-order valence-corrected chi connectivity index (χ3v) is 7.33. The number of benzene rings is 2. The number of phenols is 1. The lowest BCUT2D eigenvalue weighted by atomic mass is 9.89. The molecule has 6 N–H and O–H groups in total. The number of hydrogen-bond donors (Lipinski definition) is 5. The van der Waals surface area contributed by atoms with Gasteiger partial charge in [-0.05, 0) is 76.9 Å². The summed E-state index contributed by atoms with van der Waals surface area (Å²) in [6.07, 6.45) is -3.86. The van der Waals surface area contributed by atoms with Crippen LogP contribution in [-0.2, 0) is 20.6 Å². The Balaban J connectivity index is 1.65. The Hall–Kier alpha value is -4.59. The molecule has 1 aromatic heterocycles. The van der Waals surface area contributed by atoms with Gasteiger partial charge in [0.2, 0.25) is 6.29 Å². The molecule has 1 fully saturated rings. The van der Waals surface area contributed by atoms with E-state index in [1.165, 1.54) is 37.4 Å². The SMILES string of the molecule is CO[C@@H]1[C@@H](O)[C@@H](OC(N)=O)[C@H](Oc2ccc3c(O)c(NC(=O)c4ccc(O)c(CC=C(C)C)c4)c(=O)oc3c2C)OC1(C)C. The Kier molecular flexibility index (Phi) is 9.23. The molecule has 0 saturated carbocycles. The van der Waals surface area contributed by atoms with Crippen LogP contribution in [0.4, 0.5) is 10.5 Å². The van der Waals surface area contributed by atoms with Gasteiger partial charge in [-0.1, -0.05) is 11.6 Å². The van der Waals surface area contributed by atoms with Crippen LogP contribution in [-0.4, -0.2) is 64.6 Å². The largest absolute Gasteiger partial charge is 0.508 e. The topological polar surface area (TPSA) is 200 Å². The molecule has 3 aromatic rings. The maximum atomic E-state index is 13.0. The van der Waals surface area contributed by atoms with Crippen molar-refractivity contribution in [3.05, 3.63) is 69.1 Å². The molecular formula is C31H36N2O11. The molecule has 0 aliphatic carbocycles. The predicted molar refractivity (Wildman–Crippen MR) is 159 cm³/mol. The Morgan fingerprint density at radius 1 is 1.16 bits per heavy atom. The molecule has 1 aliphatic heterocycles. The Bertz CT molecular complexity index is 1670. The number of methoxy groups -OCH3 is 1. The Morgan fingerprint density at radius 3 is 2.50 bits per heavy atom. The van der Waals surface area contributed by atoms with Gasteiger partial charge in [-0.15, -0.1) is 0 Å². The van der Waals surface area contributed by atoms with Crippen molar-refractivity contribution in [2.75, 3.05) is 12.4 Å². The molecule has 2 heterocycles. The van der Waals surface area contributed by atoms with E-state index in [4.69, 9.17) is 29.1 Å². The van der Waals surface area contributed by atoms with Crippen LogP contribution in [0.1, 0.15) is 49.2 Å². The van der Waals surface area contributed by atoms with E-state index in [1.807, 2.05) is 19.9 Å². The number of carbonyl (C=O) groups excluding carboxylic acids is 2. The van der Waals surface area contributed by atoms with Crippen LogP contribution < -0.4 is 21.4 Å². The number of aliphatic hydroxyl groups excluding tert-OH is 1. The summed E-state index contributed by atoms with van der Waals surface area (Å²) >= 11 is 0. The minimum Gasteiger partial charge on any atom is -0.508 e. The normalized spacial score (nSPS) is 21.0. The van der Waals surface area contributed by atoms with Crippen LogP contribution >= 0.6 is 0 Å². The van der Waals surface area contributed by atoms with Crippen LogP contribution in [0.15, 0.2) is 51.2 Å². The minimum absolute atomic E-state index is 0.0170. The van der Waals surface area contributed by atoms with Gasteiger partial charge in [0.15, 0.2) is 17.5 Å². The maximum absolute atomic E-state index is 13.0. The van der Waals surface area contributed by atoms with Crippen LogP contribution in [0.5, 0.6) is 17.2 Å². The summed E-state index contributed by atoms with van der Waals surface area (Å²) in [7, 11) is 1.37. The molecule has 2 aromatic carbocycles. The molecule has 0 radical (unpaired) electrons. The van der Waals surface area contributed by atoms with E-state index >= 15 is 0 Å². The number of nitrogens with one attached hydrogen (secondary N) is 1. The Labute approximate surface area is 252 Å². The number of nitrogens with two attached hydrogens (primary N) is 1. The van der Waals surface area contributed by atoms with Crippen LogP contribution in [0.25, 0.3) is 11.0 Å². The van der Waals surface area contributed by atoms with Gasteiger partial charge >= 0.3 is 11.7 Å². The summed E-state index contributed by atoms with van der Waals surface area (Å²) in [5.74, 6) is -1.10. The molecule has 13 heteroatoms. The fourth-order valence-corrected chi connectivity index (χ4v) is 5.07. The molecular weight excluding hydrogens is 576 g/mol. The Morgan fingerprint density at radius 2 is 1.86 bits per heavy atom. The zero-order chi connectivity index (χ0) is 32.5. The van der Waals surface area contributed by atoms with E-state index in [1.54, 1.807) is 20.8 Å². The lowest BCUT2D eigenvalue weighted by Crippen LogP contribution is -2.65. The smallest absolute Gasteiger partial charge is 0.405 e. The third kappa shape index (κ3) is 6.49. The predicted octanol–water partition coefficient (Wildman–Crippen LogP) is 3.63. The van der Waals surface area contributed by atoms with Gasteiger partial charge < -0.3 is 49.7 Å². The highest BCUT2D eigenvalue weighted by atomic mass is 16.7. The fourth-order valence-electron chi connectivity index (χ4n) is 5.07. The molecule has 4 atom stereocenters. The molecule has 1 saturated heterocycles. The molecule has 1 aliphatic rings. The summed E-state index contributed by atoms with van der Waals surface area (Å²) < 4.78 is 27.9. The number of aliphatic hydroxyl groups is 1. The van der Waals surface area contributed by atoms with Gasteiger partial charge in [0.1, 0.15) is 29.3 Å². The number of fused-ring (bicyclic) bond motifs is 1. The summed E-state index contributed by atoms with van der Waals surface area (Å²) in [5, 5.41) is 34.5. The van der Waals surface area contributed by atoms with Gasteiger partial charge in [0.25, 0.3) is 5.91 Å². The van der Waals surface area contributed by atoms with Crippen molar-refractivity contribution in [2.24, 2.45) is 5.73 Å². The second kappa shape index (κ2) is 12.6. The maximum Gasteiger partial charge on any atom is 0.405 e. The van der Waals surface area contributed by atoms with Gasteiger partial charge in [-0.3, -0.25) is 4.79 Å². The molecule has 0 bridgehead atoms. The molecule has 44 heavy (non-hydrogen) atoms. The number of anilines is 1. The highest BCUT2D eigenvalue weighted by Crippen LogP contribution is 2.38. The number of primary amides is 1. The first-order valence-electron chi connectivity index (χ1n) is 13.7. The van der Waals surface area contributed by atoms with Crippen LogP contribution in [0, 0.1) is 6.92 Å². The van der Waals surface area contributed by atoms with Gasteiger partial charge in [-0.25, -0.2) is 9.59 Å². The van der Waals surface area contributed by atoms with Crippen molar-refractivity contribution < 1.29 is 48.3 Å². The fraction of sp³-hybridized carbons (Fsp3) is 0.387. The van der Waals surface area contributed by atoms with E-state index in [0.717, 1.165) is 5.57 Å². The van der Waals surface area contributed by atoms with Crippen molar-refractivity contribution in [1.29, 1.82) is 0 Å². The van der Waals surface area contributed by atoms with Crippen molar-refractivity contribution in [1.82, 2.24) is 0 Å². The number of allylic oxidation sites excluding steroid dienone is 2. The molecule has 4 rings (SSSR count). The summed E-state index contributed by atoms with van der Waals surface area (Å²) in [6, 6.07) is 7.11. The van der Waals surface area contributed by atoms with Crippen molar-refractivity contribution in [2.45, 2.75) is 71.2 Å². The number of hydrogen-bond acceptors (Lipinski definition) is 11. The lowest BCUT2D eigenvalue weighted by molar-refractivity contribution is -0.304. The van der Waals surface area contributed by atoms with Crippen LogP contribution in [0.2, 0.25) is 0 Å². The number of aryl methyl sites for hydroxylation is 1. The third-order valence-electron chi connectivity index (χ3n) is 7.33. The van der Waals surface area contributed by atoms with E-state index in [0.29, 0.717) is 12.0 Å². The first-order valence-corrected chi connectivity index (χ1v) is 13.7. The number of ether oxygens (including phenoxy) is 4. The van der Waals surface area contributed by atoms with Crippen molar-refractivity contribution >= 4 is 28.7 Å². The molecule has 0 unspecified atom stereocenters. The number of phenolic OH excluding ortho intramolecular Hbond substituents is 1. The number of amides is 2. The monoisotopic (exact) mass is 612 g/mol. The molecule has 236 valence electrons.